The third-order valence-corrected chi connectivity index (χ3v) is 3.90. The van der Waals surface area contributed by atoms with Crippen LogP contribution in [0.1, 0.15) is 37.3 Å². The molecular formula is C14H18ClNO. The van der Waals surface area contributed by atoms with E-state index in [0.29, 0.717) is 6.04 Å². The molecular weight excluding hydrogens is 234 g/mol. The Morgan fingerprint density at radius 2 is 2.18 bits per heavy atom. The number of hydrogen-bond donors (Lipinski definition) is 1. The monoisotopic (exact) mass is 251 g/mol. The molecule has 3 heteroatoms. The molecule has 3 rings (SSSR count). The summed E-state index contributed by atoms with van der Waals surface area (Å²) in [5.74, 6) is 1.61. The average Bonchev–Trinajstić information content (AvgIpc) is 3.00. The van der Waals surface area contributed by atoms with Crippen LogP contribution in [0.3, 0.4) is 0 Å². The Balaban J connectivity index is 1.73. The molecule has 0 aromatic heterocycles. The maximum absolute atomic E-state index is 6.16. The summed E-state index contributed by atoms with van der Waals surface area (Å²) in [5, 5.41) is 4.23. The van der Waals surface area contributed by atoms with Crippen molar-refractivity contribution in [3.8, 4) is 5.75 Å². The molecule has 0 amide bonds. The van der Waals surface area contributed by atoms with Crippen molar-refractivity contribution in [1.29, 1.82) is 0 Å². The summed E-state index contributed by atoms with van der Waals surface area (Å²) in [4.78, 5) is 0. The number of hydrogen-bond acceptors (Lipinski definition) is 2. The minimum absolute atomic E-state index is 0.482. The van der Waals surface area contributed by atoms with Crippen molar-refractivity contribution in [3.05, 3.63) is 28.8 Å². The lowest BCUT2D eigenvalue weighted by atomic mass is 10.1. The van der Waals surface area contributed by atoms with E-state index < -0.39 is 0 Å². The highest BCUT2D eigenvalue weighted by molar-refractivity contribution is 6.32. The van der Waals surface area contributed by atoms with E-state index in [-0.39, 0.29) is 0 Å². The molecule has 0 spiro atoms. The Morgan fingerprint density at radius 3 is 2.88 bits per heavy atom. The molecule has 0 radical (unpaired) electrons. The zero-order chi connectivity index (χ0) is 11.7. The Morgan fingerprint density at radius 1 is 1.29 bits per heavy atom. The lowest BCUT2D eigenvalue weighted by molar-refractivity contribution is 0.299. The van der Waals surface area contributed by atoms with Crippen LogP contribution in [-0.2, 0) is 0 Å². The summed E-state index contributed by atoms with van der Waals surface area (Å²) in [7, 11) is 0. The van der Waals surface area contributed by atoms with Gasteiger partial charge in [0.1, 0.15) is 5.75 Å². The van der Waals surface area contributed by atoms with Gasteiger partial charge in [0.25, 0.3) is 0 Å². The topological polar surface area (TPSA) is 21.3 Å². The minimum atomic E-state index is 0.482. The Bertz CT molecular complexity index is 397. The summed E-state index contributed by atoms with van der Waals surface area (Å²) < 4.78 is 5.80. The van der Waals surface area contributed by atoms with Crippen LogP contribution < -0.4 is 10.1 Å². The van der Waals surface area contributed by atoms with Crippen LogP contribution >= 0.6 is 11.6 Å². The van der Waals surface area contributed by atoms with E-state index in [0.717, 1.165) is 29.8 Å². The predicted molar refractivity (Wildman–Crippen MR) is 69.6 cm³/mol. The molecule has 1 heterocycles. The summed E-state index contributed by atoms with van der Waals surface area (Å²) in [6, 6.07) is 6.65. The van der Waals surface area contributed by atoms with Crippen LogP contribution in [0.5, 0.6) is 5.75 Å². The lowest BCUT2D eigenvalue weighted by Crippen LogP contribution is -2.13. The van der Waals surface area contributed by atoms with Crippen molar-refractivity contribution in [3.63, 3.8) is 0 Å². The van der Waals surface area contributed by atoms with Crippen LogP contribution in [0.4, 0.5) is 0 Å². The maximum Gasteiger partial charge on any atom is 0.138 e. The molecule has 1 unspecified atom stereocenters. The number of nitrogens with one attached hydrogen (secondary N) is 1. The van der Waals surface area contributed by atoms with E-state index in [4.69, 9.17) is 16.3 Å². The largest absolute Gasteiger partial charge is 0.492 e. The normalized spacial score (nSPS) is 23.9. The molecule has 92 valence electrons. The fourth-order valence-electron chi connectivity index (χ4n) is 2.31. The third kappa shape index (κ3) is 2.75. The molecule has 1 N–H and O–H groups in total. The number of benzene rings is 1. The minimum Gasteiger partial charge on any atom is -0.492 e. The number of halogens is 1. The van der Waals surface area contributed by atoms with Gasteiger partial charge in [0.05, 0.1) is 11.6 Å². The Labute approximate surface area is 107 Å². The first-order valence-corrected chi connectivity index (χ1v) is 6.86. The van der Waals surface area contributed by atoms with E-state index in [9.17, 15) is 0 Å². The van der Waals surface area contributed by atoms with Crippen LogP contribution in [0.15, 0.2) is 18.2 Å². The standard InChI is InChI=1S/C14H18ClNO/c15-12-6-5-11(13-2-1-7-16-13)8-14(12)17-9-10-3-4-10/h5-6,8,10,13,16H,1-4,7,9H2. The summed E-state index contributed by atoms with van der Waals surface area (Å²) in [5.41, 5.74) is 1.30. The second-order valence-electron chi connectivity index (χ2n) is 5.09. The van der Waals surface area contributed by atoms with Crippen LogP contribution in [0.2, 0.25) is 5.02 Å². The smallest absolute Gasteiger partial charge is 0.138 e. The molecule has 2 fully saturated rings. The van der Waals surface area contributed by atoms with Crippen LogP contribution in [0, 0.1) is 5.92 Å². The van der Waals surface area contributed by atoms with Gasteiger partial charge in [-0.2, -0.15) is 0 Å². The zero-order valence-corrected chi connectivity index (χ0v) is 10.7. The van der Waals surface area contributed by atoms with E-state index in [1.807, 2.05) is 6.07 Å². The quantitative estimate of drug-likeness (QED) is 0.884. The van der Waals surface area contributed by atoms with Crippen LogP contribution in [-0.4, -0.2) is 13.2 Å². The van der Waals surface area contributed by atoms with Crippen molar-refractivity contribution < 1.29 is 4.74 Å². The highest BCUT2D eigenvalue weighted by atomic mass is 35.5. The van der Waals surface area contributed by atoms with E-state index in [2.05, 4.69) is 17.4 Å². The van der Waals surface area contributed by atoms with Crippen molar-refractivity contribution in [2.75, 3.05) is 13.2 Å². The maximum atomic E-state index is 6.16. The fourth-order valence-corrected chi connectivity index (χ4v) is 2.48. The van der Waals surface area contributed by atoms with Gasteiger partial charge in [-0.05, 0) is 55.8 Å². The second-order valence-corrected chi connectivity index (χ2v) is 5.50. The van der Waals surface area contributed by atoms with Gasteiger partial charge in [-0.1, -0.05) is 17.7 Å². The summed E-state index contributed by atoms with van der Waals surface area (Å²) in [6.07, 6.45) is 5.08. The zero-order valence-electron chi connectivity index (χ0n) is 9.92. The van der Waals surface area contributed by atoms with Gasteiger partial charge in [0.15, 0.2) is 0 Å². The van der Waals surface area contributed by atoms with E-state index in [1.165, 1.54) is 31.2 Å². The van der Waals surface area contributed by atoms with Gasteiger partial charge < -0.3 is 10.1 Å². The molecule has 2 aliphatic rings. The highest BCUT2D eigenvalue weighted by Gasteiger charge is 2.23. The van der Waals surface area contributed by atoms with Crippen molar-refractivity contribution >= 4 is 11.6 Å². The average molecular weight is 252 g/mol. The van der Waals surface area contributed by atoms with Crippen molar-refractivity contribution in [2.24, 2.45) is 5.92 Å². The Hall–Kier alpha value is -0.730. The molecule has 1 aliphatic heterocycles. The molecule has 1 aliphatic carbocycles. The summed E-state index contributed by atoms with van der Waals surface area (Å²) >= 11 is 6.16. The Kier molecular flexibility index (Phi) is 3.26. The number of ether oxygens (including phenoxy) is 1. The molecule has 1 aromatic carbocycles. The highest BCUT2D eigenvalue weighted by Crippen LogP contribution is 2.34. The van der Waals surface area contributed by atoms with E-state index >= 15 is 0 Å². The molecule has 2 nitrogen and oxygen atoms in total. The molecule has 1 aromatic rings. The van der Waals surface area contributed by atoms with Crippen molar-refractivity contribution in [2.45, 2.75) is 31.7 Å². The second kappa shape index (κ2) is 4.87. The molecule has 0 bridgehead atoms. The third-order valence-electron chi connectivity index (χ3n) is 3.59. The van der Waals surface area contributed by atoms with Crippen molar-refractivity contribution in [1.82, 2.24) is 5.32 Å². The van der Waals surface area contributed by atoms with Crippen LogP contribution in [0.25, 0.3) is 0 Å². The van der Waals surface area contributed by atoms with Gasteiger partial charge in [0.2, 0.25) is 0 Å². The molecule has 1 saturated carbocycles. The molecule has 17 heavy (non-hydrogen) atoms. The van der Waals surface area contributed by atoms with E-state index in [1.54, 1.807) is 0 Å². The predicted octanol–water partition coefficient (Wildman–Crippen LogP) is 3.55. The van der Waals surface area contributed by atoms with Gasteiger partial charge in [-0.25, -0.2) is 0 Å². The first-order valence-electron chi connectivity index (χ1n) is 6.48. The van der Waals surface area contributed by atoms with Gasteiger partial charge >= 0.3 is 0 Å². The summed E-state index contributed by atoms with van der Waals surface area (Å²) in [6.45, 7) is 1.94. The van der Waals surface area contributed by atoms with Gasteiger partial charge in [0, 0.05) is 6.04 Å². The molecule has 1 atom stereocenters. The first-order chi connectivity index (χ1) is 8.33. The SMILES string of the molecule is Clc1ccc(C2CCCN2)cc1OCC1CC1. The van der Waals surface area contributed by atoms with Gasteiger partial charge in [-0.15, -0.1) is 0 Å². The molecule has 1 saturated heterocycles. The lowest BCUT2D eigenvalue weighted by Gasteiger charge is -2.14. The van der Waals surface area contributed by atoms with Gasteiger partial charge in [-0.3, -0.25) is 0 Å². The first kappa shape index (κ1) is 11.4. The number of rotatable bonds is 4. The fraction of sp³-hybridized carbons (Fsp3) is 0.571.